The van der Waals surface area contributed by atoms with Gasteiger partial charge in [0.25, 0.3) is 0 Å². The van der Waals surface area contributed by atoms with Gasteiger partial charge in [0.15, 0.2) is 0 Å². The van der Waals surface area contributed by atoms with Crippen LogP contribution < -0.4 is 0 Å². The highest BCUT2D eigenvalue weighted by Crippen LogP contribution is 2.17. The Morgan fingerprint density at radius 1 is 1.71 bits per heavy atom. The number of aryl methyl sites for hydroxylation is 1. The highest BCUT2D eigenvalue weighted by molar-refractivity contribution is 9.10. The first-order chi connectivity index (χ1) is 8.90. The van der Waals surface area contributed by atoms with E-state index in [0.717, 1.165) is 0 Å². The lowest BCUT2D eigenvalue weighted by molar-refractivity contribution is 0.0285. The molecule has 1 aromatic heterocycles. The highest BCUT2D eigenvalue weighted by Gasteiger charge is 2.20. The summed E-state index contributed by atoms with van der Waals surface area (Å²) in [5.41, 5.74) is -0.165. The lowest BCUT2D eigenvalue weighted by Gasteiger charge is -2.24. The van der Waals surface area contributed by atoms with E-state index in [1.807, 2.05) is 0 Å². The predicted octanol–water partition coefficient (Wildman–Crippen LogP) is 2.55. The number of aromatic nitrogens is 2. The number of nitrogens with zero attached hydrogens (tertiary/aromatic N) is 3. The Morgan fingerprint density at radius 2 is 2.35 bits per heavy atom. The Kier molecular flexibility index (Phi) is 2.97. The summed E-state index contributed by atoms with van der Waals surface area (Å²) in [6.07, 6.45) is 0.765. The molecule has 0 spiro atoms. The number of ether oxygens (including phenoxy) is 1. The number of rotatable bonds is 2. The maximum Gasteiger partial charge on any atom is 0.410 e. The first kappa shape index (κ1) is 9.94. The molecule has 0 unspecified atom stereocenters. The highest BCUT2D eigenvalue weighted by atomic mass is 79.9. The monoisotopic (exact) mass is 306 g/mol. The van der Waals surface area contributed by atoms with Crippen LogP contribution in [0.2, 0.25) is 0 Å². The molecule has 0 atom stereocenters. The molecule has 0 bridgehead atoms. The number of halogens is 1. The molecule has 0 aromatic carbocycles. The number of carbonyl (C=O) groups excluding carboxylic acids is 1. The lowest BCUT2D eigenvalue weighted by atomic mass is 10.2. The number of carbonyl (C=O) groups is 1. The quantitative estimate of drug-likeness (QED) is 0.843. The maximum atomic E-state index is 12.0. The smallest absolute Gasteiger partial charge is 0.410 e. The van der Waals surface area contributed by atoms with Crippen molar-refractivity contribution in [1.82, 2.24) is 14.7 Å². The minimum absolute atomic E-state index is 0.111. The molecule has 0 saturated carbocycles. The minimum Gasteiger partial charge on any atom is -0.444 e. The zero-order valence-electron chi connectivity index (χ0n) is 13.3. The van der Waals surface area contributed by atoms with Gasteiger partial charge >= 0.3 is 6.09 Å². The third kappa shape index (κ3) is 4.38. The van der Waals surface area contributed by atoms with Crippen LogP contribution in [0.3, 0.4) is 0 Å². The molecule has 5 nitrogen and oxygen atoms in total. The number of hydrogen-bond donors (Lipinski definition) is 0. The average molecular weight is 307 g/mol. The molecule has 17 heavy (non-hydrogen) atoms. The van der Waals surface area contributed by atoms with E-state index in [1.165, 1.54) is 4.68 Å². The molecule has 0 aliphatic rings. The van der Waals surface area contributed by atoms with E-state index in [-0.39, 0.29) is 6.54 Å². The van der Waals surface area contributed by atoms with Crippen molar-refractivity contribution in [3.63, 3.8) is 0 Å². The average Bonchev–Trinajstić information content (AvgIpc) is 2.49. The van der Waals surface area contributed by atoms with E-state index in [9.17, 15) is 4.79 Å². The molecule has 0 N–H and O–H groups in total. The van der Waals surface area contributed by atoms with Crippen LogP contribution in [0, 0.1) is 0 Å². The minimum atomic E-state index is -2.59. The molecule has 1 amide bonds. The Labute approximate surface area is 114 Å². The van der Waals surface area contributed by atoms with E-state index >= 15 is 0 Å². The van der Waals surface area contributed by atoms with E-state index < -0.39 is 18.7 Å². The fourth-order valence-corrected chi connectivity index (χ4v) is 1.65. The third-order valence-corrected chi connectivity index (χ3v) is 2.46. The third-order valence-electron chi connectivity index (χ3n) is 1.80. The van der Waals surface area contributed by atoms with Gasteiger partial charge in [-0.15, -0.1) is 0 Å². The number of hydrogen-bond acceptors (Lipinski definition) is 3. The van der Waals surface area contributed by atoms with Crippen molar-refractivity contribution in [2.75, 3.05) is 6.98 Å². The van der Waals surface area contributed by atoms with Crippen LogP contribution in [0.25, 0.3) is 0 Å². The second-order valence-corrected chi connectivity index (χ2v) is 5.44. The second kappa shape index (κ2) is 5.08. The van der Waals surface area contributed by atoms with E-state index in [0.29, 0.717) is 15.1 Å². The molecular formula is C11H18BrN3O2. The van der Waals surface area contributed by atoms with Crippen LogP contribution in [0.5, 0.6) is 0 Å². The van der Waals surface area contributed by atoms with Crippen molar-refractivity contribution in [2.45, 2.75) is 32.9 Å². The van der Waals surface area contributed by atoms with Crippen LogP contribution in [0.1, 0.15) is 30.4 Å². The van der Waals surface area contributed by atoms with Gasteiger partial charge in [-0.1, -0.05) is 0 Å². The SMILES string of the molecule is [2H]C([2H])([2H])N(Cc1cn(C)nc1Br)C(=O)OC(C)(C)C. The van der Waals surface area contributed by atoms with Crippen LogP contribution in [-0.2, 0) is 18.3 Å². The molecule has 0 saturated heterocycles. The summed E-state index contributed by atoms with van der Waals surface area (Å²) in [4.78, 5) is 12.7. The van der Waals surface area contributed by atoms with Gasteiger partial charge in [0.1, 0.15) is 10.2 Å². The fourth-order valence-electron chi connectivity index (χ4n) is 1.17. The molecule has 96 valence electrons. The van der Waals surface area contributed by atoms with Gasteiger partial charge in [-0.3, -0.25) is 4.68 Å². The Bertz CT molecular complexity index is 494. The van der Waals surface area contributed by atoms with Crippen molar-refractivity contribution < 1.29 is 13.6 Å². The summed E-state index contributed by atoms with van der Waals surface area (Å²) in [5, 5.41) is 4.05. The Balaban J connectivity index is 2.97. The van der Waals surface area contributed by atoms with Crippen LogP contribution in [-0.4, -0.2) is 33.4 Å². The van der Waals surface area contributed by atoms with Gasteiger partial charge in [-0.05, 0) is 36.7 Å². The molecule has 6 heteroatoms. The van der Waals surface area contributed by atoms with Gasteiger partial charge in [-0.25, -0.2) is 4.79 Å². The topological polar surface area (TPSA) is 47.4 Å². The number of amides is 1. The predicted molar refractivity (Wildman–Crippen MR) is 68.6 cm³/mol. The van der Waals surface area contributed by atoms with Crippen molar-refractivity contribution in [2.24, 2.45) is 7.05 Å². The van der Waals surface area contributed by atoms with Gasteiger partial charge in [0, 0.05) is 29.9 Å². The van der Waals surface area contributed by atoms with Gasteiger partial charge in [0.2, 0.25) is 0 Å². The Hall–Kier alpha value is -1.04. The van der Waals surface area contributed by atoms with Gasteiger partial charge < -0.3 is 9.64 Å². The second-order valence-electron chi connectivity index (χ2n) is 4.69. The summed E-state index contributed by atoms with van der Waals surface area (Å²) in [6, 6.07) is 0. The van der Waals surface area contributed by atoms with Gasteiger partial charge in [0.05, 0.1) is 6.54 Å². The summed E-state index contributed by atoms with van der Waals surface area (Å²) >= 11 is 3.23. The molecule has 1 rings (SSSR count). The molecule has 1 aromatic rings. The lowest BCUT2D eigenvalue weighted by Crippen LogP contribution is -2.33. The van der Waals surface area contributed by atoms with Crippen LogP contribution in [0.4, 0.5) is 4.79 Å². The molecular weight excluding hydrogens is 286 g/mol. The summed E-state index contributed by atoms with van der Waals surface area (Å²) < 4.78 is 29.6. The zero-order valence-corrected chi connectivity index (χ0v) is 11.9. The normalized spacial score (nSPS) is 14.8. The van der Waals surface area contributed by atoms with Gasteiger partial charge in [-0.2, -0.15) is 5.10 Å². The summed E-state index contributed by atoms with van der Waals surface area (Å²) in [7, 11) is 1.71. The van der Waals surface area contributed by atoms with Crippen molar-refractivity contribution in [3.05, 3.63) is 16.4 Å². The molecule has 1 heterocycles. The zero-order chi connectivity index (χ0) is 15.7. The van der Waals surface area contributed by atoms with E-state index in [2.05, 4.69) is 21.0 Å². The summed E-state index contributed by atoms with van der Waals surface area (Å²) in [6.45, 7) is 2.35. The van der Waals surface area contributed by atoms with Crippen LogP contribution in [0.15, 0.2) is 10.8 Å². The molecule has 0 aliphatic heterocycles. The largest absolute Gasteiger partial charge is 0.444 e. The first-order valence-electron chi connectivity index (χ1n) is 6.59. The molecule has 0 fully saturated rings. The fraction of sp³-hybridized carbons (Fsp3) is 0.636. The first-order valence-corrected chi connectivity index (χ1v) is 5.88. The molecule has 0 radical (unpaired) electrons. The van der Waals surface area contributed by atoms with E-state index in [1.54, 1.807) is 34.0 Å². The standard InChI is InChI=1S/C11H18BrN3O2/c1-11(2,3)17-10(16)14(4)6-8-7-15(5)13-9(8)12/h7H,6H2,1-5H3/i4D3. The van der Waals surface area contributed by atoms with E-state index in [4.69, 9.17) is 8.85 Å². The van der Waals surface area contributed by atoms with Crippen LogP contribution >= 0.6 is 15.9 Å². The Morgan fingerprint density at radius 3 is 2.76 bits per heavy atom. The molecule has 0 aliphatic carbocycles. The van der Waals surface area contributed by atoms with Crippen molar-refractivity contribution in [3.8, 4) is 0 Å². The maximum absolute atomic E-state index is 12.0. The van der Waals surface area contributed by atoms with Crippen molar-refractivity contribution in [1.29, 1.82) is 0 Å². The summed E-state index contributed by atoms with van der Waals surface area (Å²) in [5.74, 6) is 0. The van der Waals surface area contributed by atoms with Crippen molar-refractivity contribution >= 4 is 22.0 Å².